The molecule has 2 bridgehead atoms. The minimum atomic E-state index is -0.857. The third-order valence-electron chi connectivity index (χ3n) is 4.19. The molecule has 2 fully saturated rings. The first kappa shape index (κ1) is 14.0. The van der Waals surface area contributed by atoms with Gasteiger partial charge in [-0.25, -0.2) is 0 Å². The van der Waals surface area contributed by atoms with Crippen LogP contribution in [0.4, 0.5) is 0 Å². The van der Waals surface area contributed by atoms with Gasteiger partial charge >= 0.3 is 5.97 Å². The van der Waals surface area contributed by atoms with Crippen LogP contribution in [0.1, 0.15) is 19.3 Å². The Bertz CT molecular complexity index is 382. The summed E-state index contributed by atoms with van der Waals surface area (Å²) in [7, 11) is 1.96. The molecule has 2 aliphatic heterocycles. The van der Waals surface area contributed by atoms with E-state index in [9.17, 15) is 9.90 Å². The van der Waals surface area contributed by atoms with Crippen LogP contribution in [0, 0.1) is 5.92 Å². The minimum Gasteiger partial charge on any atom is -0.481 e. The van der Waals surface area contributed by atoms with Crippen LogP contribution in [0.15, 0.2) is 36.4 Å². The number of carboxylic acid groups (broad SMARTS) is 1. The van der Waals surface area contributed by atoms with Gasteiger partial charge in [0.25, 0.3) is 0 Å². The van der Waals surface area contributed by atoms with Gasteiger partial charge in [0.1, 0.15) is 0 Å². The number of carbonyl (C=O) groups is 1. The number of hydrogen-bond acceptors (Lipinski definition) is 3. The van der Waals surface area contributed by atoms with E-state index in [4.69, 9.17) is 5.11 Å². The van der Waals surface area contributed by atoms with E-state index in [2.05, 4.69) is 4.90 Å². The highest BCUT2D eigenvalue weighted by atomic mass is 16.4. The predicted octanol–water partition coefficient (Wildman–Crippen LogP) is 1.60. The van der Waals surface area contributed by atoms with Crippen molar-refractivity contribution < 1.29 is 15.0 Å². The molecule has 0 saturated carbocycles. The number of hydrogen-bond donors (Lipinski definition) is 2. The SMILES string of the molecule is CN1[C@H]2CC[C@@H]1[C@@H](C(=O)O)[C@@H](O)C2.c1ccccc1. The van der Waals surface area contributed by atoms with E-state index in [-0.39, 0.29) is 6.04 Å². The molecule has 19 heavy (non-hydrogen) atoms. The summed E-state index contributed by atoms with van der Waals surface area (Å²) in [6.45, 7) is 0. The van der Waals surface area contributed by atoms with Crippen molar-refractivity contribution in [3.63, 3.8) is 0 Å². The lowest BCUT2D eigenvalue weighted by Crippen LogP contribution is -2.51. The summed E-state index contributed by atoms with van der Waals surface area (Å²) < 4.78 is 0. The number of carboxylic acids is 1. The maximum absolute atomic E-state index is 10.9. The average molecular weight is 263 g/mol. The Labute approximate surface area is 113 Å². The smallest absolute Gasteiger partial charge is 0.310 e. The van der Waals surface area contributed by atoms with Crippen molar-refractivity contribution in [3.8, 4) is 0 Å². The molecule has 104 valence electrons. The molecule has 2 N–H and O–H groups in total. The number of aliphatic hydroxyl groups excluding tert-OH is 1. The Morgan fingerprint density at radius 2 is 1.63 bits per heavy atom. The van der Waals surface area contributed by atoms with Crippen LogP contribution in [-0.2, 0) is 4.79 Å². The number of rotatable bonds is 1. The summed E-state index contributed by atoms with van der Waals surface area (Å²) in [5.74, 6) is -1.44. The number of fused-ring (bicyclic) bond motifs is 2. The molecule has 2 heterocycles. The van der Waals surface area contributed by atoms with Crippen molar-refractivity contribution in [2.45, 2.75) is 37.5 Å². The lowest BCUT2D eigenvalue weighted by molar-refractivity contribution is -0.151. The van der Waals surface area contributed by atoms with E-state index >= 15 is 0 Å². The molecular formula is C15H21NO3. The zero-order valence-electron chi connectivity index (χ0n) is 11.1. The first-order valence-corrected chi connectivity index (χ1v) is 6.74. The van der Waals surface area contributed by atoms with Gasteiger partial charge in [0.2, 0.25) is 0 Å². The molecule has 4 atom stereocenters. The van der Waals surface area contributed by atoms with Gasteiger partial charge in [-0.3, -0.25) is 9.69 Å². The van der Waals surface area contributed by atoms with Crippen LogP contribution in [0.2, 0.25) is 0 Å². The predicted molar refractivity (Wildman–Crippen MR) is 72.8 cm³/mol. The van der Waals surface area contributed by atoms with Gasteiger partial charge < -0.3 is 10.2 Å². The van der Waals surface area contributed by atoms with E-state index in [1.54, 1.807) is 0 Å². The Balaban J connectivity index is 0.000000186. The number of piperidine rings is 1. The first-order valence-electron chi connectivity index (χ1n) is 6.74. The molecule has 0 amide bonds. The molecule has 2 aliphatic rings. The molecule has 0 aliphatic carbocycles. The van der Waals surface area contributed by atoms with E-state index < -0.39 is 18.0 Å². The maximum Gasteiger partial charge on any atom is 0.310 e. The third kappa shape index (κ3) is 3.14. The Kier molecular flexibility index (Phi) is 4.56. The fraction of sp³-hybridized carbons (Fsp3) is 0.533. The van der Waals surface area contributed by atoms with Crippen molar-refractivity contribution in [2.24, 2.45) is 5.92 Å². The number of benzene rings is 1. The minimum absolute atomic E-state index is 0.0475. The second-order valence-corrected chi connectivity index (χ2v) is 5.29. The second kappa shape index (κ2) is 6.17. The van der Waals surface area contributed by atoms with Crippen LogP contribution in [0.5, 0.6) is 0 Å². The summed E-state index contributed by atoms with van der Waals surface area (Å²) in [5.41, 5.74) is 0. The normalized spacial score (nSPS) is 33.4. The van der Waals surface area contributed by atoms with Gasteiger partial charge in [0.15, 0.2) is 0 Å². The van der Waals surface area contributed by atoms with Gasteiger partial charge in [0, 0.05) is 12.1 Å². The van der Waals surface area contributed by atoms with E-state index in [1.165, 1.54) is 0 Å². The molecule has 0 spiro atoms. The summed E-state index contributed by atoms with van der Waals surface area (Å²) in [5, 5.41) is 18.6. The van der Waals surface area contributed by atoms with Gasteiger partial charge in [-0.05, 0) is 26.3 Å². The van der Waals surface area contributed by atoms with Crippen molar-refractivity contribution in [3.05, 3.63) is 36.4 Å². The molecule has 3 rings (SSSR count). The van der Waals surface area contributed by atoms with E-state index in [0.717, 1.165) is 12.8 Å². The number of nitrogens with zero attached hydrogens (tertiary/aromatic N) is 1. The summed E-state index contributed by atoms with van der Waals surface area (Å²) >= 11 is 0. The summed E-state index contributed by atoms with van der Waals surface area (Å²) in [6, 6.07) is 12.4. The average Bonchev–Trinajstić information content (AvgIpc) is 2.65. The quantitative estimate of drug-likeness (QED) is 0.808. The highest BCUT2D eigenvalue weighted by Gasteiger charge is 2.48. The van der Waals surface area contributed by atoms with Crippen LogP contribution >= 0.6 is 0 Å². The molecule has 4 nitrogen and oxygen atoms in total. The Morgan fingerprint density at radius 1 is 1.11 bits per heavy atom. The summed E-state index contributed by atoms with van der Waals surface area (Å²) in [4.78, 5) is 13.0. The van der Waals surface area contributed by atoms with Crippen molar-refractivity contribution in [1.29, 1.82) is 0 Å². The van der Waals surface area contributed by atoms with Gasteiger partial charge in [-0.1, -0.05) is 36.4 Å². The topological polar surface area (TPSA) is 60.8 Å². The van der Waals surface area contributed by atoms with Crippen LogP contribution in [-0.4, -0.2) is 46.3 Å². The molecule has 0 unspecified atom stereocenters. The monoisotopic (exact) mass is 263 g/mol. The standard InChI is InChI=1S/C9H15NO3.C6H6/c1-10-5-2-3-6(10)8(9(12)13)7(11)4-5;1-2-4-6-5-3-1/h5-8,11H,2-4H2,1H3,(H,12,13);1-6H/t5-,6+,7-,8+;/m0./s1. The van der Waals surface area contributed by atoms with Crippen molar-refractivity contribution in [2.75, 3.05) is 7.05 Å². The zero-order valence-corrected chi connectivity index (χ0v) is 11.1. The first-order chi connectivity index (χ1) is 9.11. The molecule has 0 aromatic heterocycles. The fourth-order valence-electron chi connectivity index (χ4n) is 3.15. The molecular weight excluding hydrogens is 242 g/mol. The largest absolute Gasteiger partial charge is 0.481 e. The lowest BCUT2D eigenvalue weighted by atomic mass is 9.88. The van der Waals surface area contributed by atoms with Crippen LogP contribution in [0.25, 0.3) is 0 Å². The van der Waals surface area contributed by atoms with Crippen molar-refractivity contribution >= 4 is 5.97 Å². The van der Waals surface area contributed by atoms with E-state index in [1.807, 2.05) is 43.4 Å². The third-order valence-corrected chi connectivity index (χ3v) is 4.19. The highest BCUT2D eigenvalue weighted by Crippen LogP contribution is 2.38. The van der Waals surface area contributed by atoms with Crippen LogP contribution < -0.4 is 0 Å². The van der Waals surface area contributed by atoms with Gasteiger partial charge in [-0.15, -0.1) is 0 Å². The molecule has 0 radical (unpaired) electrons. The Hall–Kier alpha value is -1.39. The second-order valence-electron chi connectivity index (χ2n) is 5.29. The fourth-order valence-corrected chi connectivity index (χ4v) is 3.15. The molecule has 2 saturated heterocycles. The van der Waals surface area contributed by atoms with E-state index in [0.29, 0.717) is 12.5 Å². The number of aliphatic carboxylic acids is 1. The lowest BCUT2D eigenvalue weighted by Gasteiger charge is -2.38. The summed E-state index contributed by atoms with van der Waals surface area (Å²) in [6.07, 6.45) is 1.91. The zero-order chi connectivity index (χ0) is 13.8. The highest BCUT2D eigenvalue weighted by molar-refractivity contribution is 5.72. The maximum atomic E-state index is 10.9. The number of aliphatic hydroxyl groups is 1. The molecule has 4 heteroatoms. The Morgan fingerprint density at radius 3 is 2.11 bits per heavy atom. The van der Waals surface area contributed by atoms with Gasteiger partial charge in [-0.2, -0.15) is 0 Å². The van der Waals surface area contributed by atoms with Gasteiger partial charge in [0.05, 0.1) is 12.0 Å². The van der Waals surface area contributed by atoms with Crippen LogP contribution in [0.3, 0.4) is 0 Å². The molecule has 1 aromatic carbocycles. The van der Waals surface area contributed by atoms with Crippen molar-refractivity contribution in [1.82, 2.24) is 4.90 Å². The molecule has 1 aromatic rings.